The number of anilines is 1. The SMILES string of the molecule is C=CC1=C(C(=O)O)N2C(=O)C[C@H]2SC1(NC(=O)/C=N\O)c1nc(N)sc1Cl. The number of β-lactam (4-membered cyclic amide) rings is 1. The number of nitrogens with two attached hydrogens (primary N) is 1. The number of hydrogen-bond donors (Lipinski definition) is 4. The van der Waals surface area contributed by atoms with Crippen LogP contribution in [0.5, 0.6) is 0 Å². The number of carbonyl (C=O) groups is 3. The summed E-state index contributed by atoms with van der Waals surface area (Å²) in [7, 11) is 0. The largest absolute Gasteiger partial charge is 0.477 e. The molecule has 1 saturated heterocycles. The van der Waals surface area contributed by atoms with Gasteiger partial charge in [-0.1, -0.05) is 52.5 Å². The number of hydrogen-bond acceptors (Lipinski definition) is 9. The van der Waals surface area contributed by atoms with E-state index in [9.17, 15) is 19.5 Å². The van der Waals surface area contributed by atoms with Gasteiger partial charge >= 0.3 is 5.97 Å². The Morgan fingerprint density at radius 3 is 2.74 bits per heavy atom. The number of carboxylic acid groups (broad SMARTS) is 1. The number of nitrogen functional groups attached to an aromatic ring is 1. The van der Waals surface area contributed by atoms with Crippen molar-refractivity contribution in [1.82, 2.24) is 15.2 Å². The van der Waals surface area contributed by atoms with Gasteiger partial charge in [0, 0.05) is 5.57 Å². The lowest BCUT2D eigenvalue weighted by atomic mass is 9.97. The molecule has 142 valence electrons. The van der Waals surface area contributed by atoms with Crippen molar-refractivity contribution in [3.05, 3.63) is 34.0 Å². The van der Waals surface area contributed by atoms with Crippen molar-refractivity contribution in [2.24, 2.45) is 5.16 Å². The molecule has 10 nitrogen and oxygen atoms in total. The van der Waals surface area contributed by atoms with Crippen LogP contribution in [0.25, 0.3) is 0 Å². The Morgan fingerprint density at radius 1 is 1.56 bits per heavy atom. The lowest BCUT2D eigenvalue weighted by molar-refractivity contribution is -0.146. The van der Waals surface area contributed by atoms with Crippen molar-refractivity contribution in [1.29, 1.82) is 0 Å². The first-order valence-electron chi connectivity index (χ1n) is 7.27. The minimum atomic E-state index is -1.60. The maximum Gasteiger partial charge on any atom is 0.353 e. The molecule has 0 aliphatic carbocycles. The summed E-state index contributed by atoms with van der Waals surface area (Å²) >= 11 is 8.26. The lowest BCUT2D eigenvalue weighted by Crippen LogP contribution is -2.60. The normalized spacial score (nSPS) is 24.6. The van der Waals surface area contributed by atoms with E-state index in [4.69, 9.17) is 22.5 Å². The predicted molar refractivity (Wildman–Crippen MR) is 99.3 cm³/mol. The molecule has 1 fully saturated rings. The van der Waals surface area contributed by atoms with Gasteiger partial charge in [0.25, 0.3) is 5.91 Å². The number of nitrogens with zero attached hydrogens (tertiary/aromatic N) is 3. The fourth-order valence-corrected chi connectivity index (χ4v) is 5.75. The third-order valence-electron chi connectivity index (χ3n) is 3.91. The van der Waals surface area contributed by atoms with Crippen molar-refractivity contribution < 1.29 is 24.7 Å². The standard InChI is InChI=1S/C14H12ClN5O5S2/c1-2-5-9(12(23)24)20-7(22)3-8(20)27-14(5,19-6(21)4-17-25)10-11(15)26-13(16)18-10/h2,4,8,25H,1,3H2,(H2,16,18)(H,19,21)(H,23,24)/b17-4-/t8-,14?/m1/s1. The number of aliphatic carboxylic acids is 1. The summed E-state index contributed by atoms with van der Waals surface area (Å²) in [6.45, 7) is 3.63. The second kappa shape index (κ2) is 6.87. The molecule has 27 heavy (non-hydrogen) atoms. The number of oxime groups is 1. The molecule has 0 aromatic carbocycles. The number of rotatable bonds is 5. The molecule has 1 aromatic heterocycles. The molecule has 0 saturated carbocycles. The van der Waals surface area contributed by atoms with E-state index in [1.54, 1.807) is 0 Å². The van der Waals surface area contributed by atoms with Crippen molar-refractivity contribution in [2.75, 3.05) is 5.73 Å². The van der Waals surface area contributed by atoms with Crippen LogP contribution in [0.3, 0.4) is 0 Å². The van der Waals surface area contributed by atoms with Crippen LogP contribution < -0.4 is 11.1 Å². The minimum absolute atomic E-state index is 0.00353. The molecule has 1 aromatic rings. The van der Waals surface area contributed by atoms with Crippen LogP contribution in [0.1, 0.15) is 12.1 Å². The van der Waals surface area contributed by atoms with Crippen LogP contribution in [0.2, 0.25) is 4.34 Å². The van der Waals surface area contributed by atoms with Crippen LogP contribution in [0.15, 0.2) is 29.1 Å². The van der Waals surface area contributed by atoms with Crippen LogP contribution in [-0.4, -0.2) is 49.6 Å². The Hall–Kier alpha value is -2.57. The van der Waals surface area contributed by atoms with Gasteiger partial charge in [-0.3, -0.25) is 14.5 Å². The Balaban J connectivity index is 2.31. The molecule has 0 bridgehead atoms. The maximum atomic E-state index is 12.2. The Labute approximate surface area is 165 Å². The van der Waals surface area contributed by atoms with Gasteiger partial charge in [0.2, 0.25) is 5.91 Å². The maximum absolute atomic E-state index is 12.2. The Bertz CT molecular complexity index is 929. The number of amides is 2. The molecular weight excluding hydrogens is 418 g/mol. The van der Waals surface area contributed by atoms with E-state index >= 15 is 0 Å². The minimum Gasteiger partial charge on any atom is -0.477 e. The third-order valence-corrected chi connectivity index (χ3v) is 6.51. The van der Waals surface area contributed by atoms with Crippen molar-refractivity contribution in [2.45, 2.75) is 16.7 Å². The highest BCUT2D eigenvalue weighted by molar-refractivity contribution is 8.01. The van der Waals surface area contributed by atoms with Gasteiger partial charge in [-0.25, -0.2) is 9.78 Å². The van der Waals surface area contributed by atoms with Gasteiger partial charge in [-0.05, 0) is 0 Å². The molecule has 0 radical (unpaired) electrons. The fourth-order valence-electron chi connectivity index (χ4n) is 2.90. The van der Waals surface area contributed by atoms with E-state index in [1.165, 1.54) is 6.08 Å². The number of fused-ring (bicyclic) bond motifs is 1. The number of thioether (sulfide) groups is 1. The second-order valence-electron chi connectivity index (χ2n) is 5.40. The molecule has 5 N–H and O–H groups in total. The highest BCUT2D eigenvalue weighted by atomic mass is 35.5. The Kier molecular flexibility index (Phi) is 4.88. The first-order chi connectivity index (χ1) is 12.7. The van der Waals surface area contributed by atoms with Crippen molar-refractivity contribution >= 4 is 63.8 Å². The highest BCUT2D eigenvalue weighted by Crippen LogP contribution is 2.55. The molecule has 0 spiro atoms. The van der Waals surface area contributed by atoms with Gasteiger partial charge < -0.3 is 21.4 Å². The molecule has 2 aliphatic rings. The number of halogens is 1. The molecular formula is C14H12ClN5O5S2. The van der Waals surface area contributed by atoms with Gasteiger partial charge in [-0.15, -0.1) is 0 Å². The molecule has 3 rings (SSSR count). The van der Waals surface area contributed by atoms with Crippen LogP contribution in [-0.2, 0) is 19.3 Å². The number of thiazole rings is 1. The molecule has 2 amide bonds. The quantitative estimate of drug-likeness (QED) is 0.233. The molecule has 2 aliphatic heterocycles. The summed E-state index contributed by atoms with van der Waals surface area (Å²) in [6.07, 6.45) is 1.88. The highest BCUT2D eigenvalue weighted by Gasteiger charge is 2.57. The lowest BCUT2D eigenvalue weighted by Gasteiger charge is -2.50. The molecule has 1 unspecified atom stereocenters. The topological polar surface area (TPSA) is 158 Å². The first-order valence-corrected chi connectivity index (χ1v) is 9.34. The van der Waals surface area contributed by atoms with Crippen LogP contribution >= 0.6 is 34.7 Å². The zero-order valence-corrected chi connectivity index (χ0v) is 15.8. The van der Waals surface area contributed by atoms with Crippen molar-refractivity contribution in [3.63, 3.8) is 0 Å². The third kappa shape index (κ3) is 2.95. The smallest absolute Gasteiger partial charge is 0.353 e. The van der Waals surface area contributed by atoms with E-state index in [-0.39, 0.29) is 38.8 Å². The van der Waals surface area contributed by atoms with Gasteiger partial charge in [0.05, 0.1) is 11.8 Å². The van der Waals surface area contributed by atoms with E-state index in [0.717, 1.165) is 28.0 Å². The van der Waals surface area contributed by atoms with Gasteiger partial charge in [0.15, 0.2) is 10.0 Å². The molecule has 3 heterocycles. The first kappa shape index (κ1) is 19.2. The summed E-state index contributed by atoms with van der Waals surface area (Å²) in [4.78, 5) is 39.8. The number of carboxylic acids is 1. The Morgan fingerprint density at radius 2 is 2.26 bits per heavy atom. The van der Waals surface area contributed by atoms with Crippen LogP contribution in [0.4, 0.5) is 5.13 Å². The van der Waals surface area contributed by atoms with Gasteiger partial charge in [0.1, 0.15) is 21.9 Å². The summed E-state index contributed by atoms with van der Waals surface area (Å²) in [5.74, 6) is -2.59. The summed E-state index contributed by atoms with van der Waals surface area (Å²) in [5.41, 5.74) is 5.48. The fraction of sp³-hybridized carbons (Fsp3) is 0.214. The average Bonchev–Trinajstić information content (AvgIpc) is 2.92. The summed E-state index contributed by atoms with van der Waals surface area (Å²) in [5, 5.41) is 23.1. The number of nitrogens with one attached hydrogen (secondary N) is 1. The summed E-state index contributed by atoms with van der Waals surface area (Å²) in [6, 6.07) is 0. The monoisotopic (exact) mass is 429 g/mol. The zero-order valence-electron chi connectivity index (χ0n) is 13.4. The summed E-state index contributed by atoms with van der Waals surface area (Å²) < 4.78 is 0.129. The van der Waals surface area contributed by atoms with Gasteiger partial charge in [-0.2, -0.15) is 0 Å². The van der Waals surface area contributed by atoms with E-state index in [1.807, 2.05) is 0 Å². The van der Waals surface area contributed by atoms with Crippen LogP contribution in [0, 0.1) is 0 Å². The molecule has 2 atom stereocenters. The second-order valence-corrected chi connectivity index (χ2v) is 8.43. The van der Waals surface area contributed by atoms with E-state index in [2.05, 4.69) is 22.0 Å². The average molecular weight is 430 g/mol. The predicted octanol–water partition coefficient (Wildman–Crippen LogP) is 0.938. The zero-order chi connectivity index (χ0) is 19.9. The molecule has 13 heteroatoms. The van der Waals surface area contributed by atoms with Crippen molar-refractivity contribution in [3.8, 4) is 0 Å². The number of carbonyl (C=O) groups excluding carboxylic acids is 2. The number of aromatic nitrogens is 1. The van der Waals surface area contributed by atoms with E-state index in [0.29, 0.717) is 6.21 Å². The van der Waals surface area contributed by atoms with E-state index < -0.39 is 22.1 Å².